The number of halogens is 1. The normalized spacial score (nSPS) is 11.1. The number of nitrogens with zero attached hydrogens (tertiary/aromatic N) is 2. The van der Waals surface area contributed by atoms with Gasteiger partial charge in [0.15, 0.2) is 12.4 Å². The van der Waals surface area contributed by atoms with Crippen molar-refractivity contribution in [2.75, 3.05) is 0 Å². The molecule has 1 aromatic carbocycles. The summed E-state index contributed by atoms with van der Waals surface area (Å²) in [6.45, 7) is 8.41. The SMILES string of the molecule is Cc1cc(OCc2nc(C(C)C)no2)cc(C)c1Br. The molecule has 0 N–H and O–H groups in total. The Balaban J connectivity index is 2.06. The zero-order chi connectivity index (χ0) is 14.0. The van der Waals surface area contributed by atoms with Crippen molar-refractivity contribution < 1.29 is 9.26 Å². The Morgan fingerprint density at radius 3 is 2.42 bits per heavy atom. The number of aromatic nitrogens is 2. The van der Waals surface area contributed by atoms with E-state index in [1.165, 1.54) is 0 Å². The molecule has 0 aliphatic rings. The van der Waals surface area contributed by atoms with Crippen LogP contribution in [0.15, 0.2) is 21.1 Å². The average molecular weight is 325 g/mol. The summed E-state index contributed by atoms with van der Waals surface area (Å²) in [5, 5.41) is 3.90. The summed E-state index contributed by atoms with van der Waals surface area (Å²) in [5.74, 6) is 2.28. The molecule has 0 radical (unpaired) electrons. The van der Waals surface area contributed by atoms with Crippen molar-refractivity contribution in [1.82, 2.24) is 10.1 Å². The molecule has 0 aliphatic heterocycles. The Labute approximate surface area is 121 Å². The predicted molar refractivity (Wildman–Crippen MR) is 76.3 cm³/mol. The van der Waals surface area contributed by atoms with Crippen LogP contribution in [0.3, 0.4) is 0 Å². The van der Waals surface area contributed by atoms with E-state index < -0.39 is 0 Å². The third kappa shape index (κ3) is 3.35. The summed E-state index contributed by atoms with van der Waals surface area (Å²) >= 11 is 3.53. The van der Waals surface area contributed by atoms with E-state index in [-0.39, 0.29) is 5.92 Å². The van der Waals surface area contributed by atoms with Crippen LogP contribution in [0.5, 0.6) is 5.75 Å². The molecule has 5 heteroatoms. The second-order valence-corrected chi connectivity index (χ2v) is 5.65. The molecule has 2 aromatic rings. The van der Waals surface area contributed by atoms with Gasteiger partial charge in [-0.2, -0.15) is 4.98 Å². The van der Waals surface area contributed by atoms with E-state index in [1.54, 1.807) is 0 Å². The molecule has 0 aliphatic carbocycles. The predicted octanol–water partition coefficient (Wildman–Crippen LogP) is 4.15. The van der Waals surface area contributed by atoms with Gasteiger partial charge in [0.2, 0.25) is 0 Å². The van der Waals surface area contributed by atoms with Crippen LogP contribution in [-0.4, -0.2) is 10.1 Å². The summed E-state index contributed by atoms with van der Waals surface area (Å²) in [5.41, 5.74) is 2.28. The lowest BCUT2D eigenvalue weighted by Gasteiger charge is -2.08. The lowest BCUT2D eigenvalue weighted by Crippen LogP contribution is -1.98. The fourth-order valence-electron chi connectivity index (χ4n) is 1.70. The topological polar surface area (TPSA) is 48.2 Å². The highest BCUT2D eigenvalue weighted by Crippen LogP contribution is 2.26. The van der Waals surface area contributed by atoms with E-state index in [0.29, 0.717) is 18.3 Å². The molecule has 0 bridgehead atoms. The molecular formula is C14H17BrN2O2. The van der Waals surface area contributed by atoms with Crippen molar-refractivity contribution in [2.45, 2.75) is 40.2 Å². The van der Waals surface area contributed by atoms with Crippen LogP contribution in [0.1, 0.15) is 42.6 Å². The van der Waals surface area contributed by atoms with E-state index in [1.807, 2.05) is 39.8 Å². The van der Waals surface area contributed by atoms with Crippen LogP contribution >= 0.6 is 15.9 Å². The van der Waals surface area contributed by atoms with Gasteiger partial charge in [-0.25, -0.2) is 0 Å². The molecule has 0 fully saturated rings. The van der Waals surface area contributed by atoms with Crippen LogP contribution in [0, 0.1) is 13.8 Å². The lowest BCUT2D eigenvalue weighted by molar-refractivity contribution is 0.242. The Bertz CT molecular complexity index is 556. The molecule has 0 atom stereocenters. The summed E-state index contributed by atoms with van der Waals surface area (Å²) < 4.78 is 11.9. The summed E-state index contributed by atoms with van der Waals surface area (Å²) in [6.07, 6.45) is 0. The first-order valence-electron chi connectivity index (χ1n) is 6.19. The zero-order valence-corrected chi connectivity index (χ0v) is 13.1. The van der Waals surface area contributed by atoms with Crippen molar-refractivity contribution in [3.05, 3.63) is 39.4 Å². The first-order chi connectivity index (χ1) is 8.97. The number of benzene rings is 1. The van der Waals surface area contributed by atoms with E-state index in [0.717, 1.165) is 21.3 Å². The largest absolute Gasteiger partial charge is 0.484 e. The van der Waals surface area contributed by atoms with Gasteiger partial charge >= 0.3 is 0 Å². The molecule has 0 amide bonds. The van der Waals surface area contributed by atoms with Crippen molar-refractivity contribution in [2.24, 2.45) is 0 Å². The fourth-order valence-corrected chi connectivity index (χ4v) is 1.92. The van der Waals surface area contributed by atoms with Crippen LogP contribution in [0.4, 0.5) is 0 Å². The second-order valence-electron chi connectivity index (χ2n) is 4.86. The third-order valence-electron chi connectivity index (χ3n) is 2.77. The molecule has 0 unspecified atom stereocenters. The first kappa shape index (κ1) is 14.1. The number of aryl methyl sites for hydroxylation is 2. The van der Waals surface area contributed by atoms with E-state index in [9.17, 15) is 0 Å². The standard InChI is InChI=1S/C14H17BrN2O2/c1-8(2)14-16-12(19-17-14)7-18-11-5-9(3)13(15)10(4)6-11/h5-6,8H,7H2,1-4H3. The molecule has 4 nitrogen and oxygen atoms in total. The van der Waals surface area contributed by atoms with Crippen LogP contribution < -0.4 is 4.74 Å². The Kier molecular flexibility index (Phi) is 4.24. The maximum Gasteiger partial charge on any atom is 0.264 e. The molecule has 1 heterocycles. The van der Waals surface area contributed by atoms with Crippen LogP contribution in [-0.2, 0) is 6.61 Å². The number of ether oxygens (including phenoxy) is 1. The minimum absolute atomic E-state index is 0.259. The van der Waals surface area contributed by atoms with Crippen molar-refractivity contribution >= 4 is 15.9 Å². The average Bonchev–Trinajstić information content (AvgIpc) is 2.82. The molecule has 0 saturated heterocycles. The van der Waals surface area contributed by atoms with Gasteiger partial charge in [-0.05, 0) is 37.1 Å². The maximum atomic E-state index is 5.68. The Hall–Kier alpha value is -1.36. The van der Waals surface area contributed by atoms with Crippen LogP contribution in [0.25, 0.3) is 0 Å². The number of hydrogen-bond donors (Lipinski definition) is 0. The van der Waals surface area contributed by atoms with Gasteiger partial charge in [-0.3, -0.25) is 0 Å². The van der Waals surface area contributed by atoms with Crippen LogP contribution in [0.2, 0.25) is 0 Å². The summed E-state index contributed by atoms with van der Waals surface area (Å²) in [7, 11) is 0. The molecule has 2 rings (SSSR count). The number of hydrogen-bond acceptors (Lipinski definition) is 4. The highest BCUT2D eigenvalue weighted by atomic mass is 79.9. The van der Waals surface area contributed by atoms with Gasteiger partial charge in [-0.15, -0.1) is 0 Å². The molecule has 0 saturated carbocycles. The molecule has 1 aromatic heterocycles. The highest BCUT2D eigenvalue weighted by Gasteiger charge is 2.10. The minimum Gasteiger partial charge on any atom is -0.484 e. The zero-order valence-electron chi connectivity index (χ0n) is 11.5. The monoisotopic (exact) mass is 324 g/mol. The summed E-state index contributed by atoms with van der Waals surface area (Å²) in [4.78, 5) is 4.28. The van der Waals surface area contributed by atoms with Crippen molar-refractivity contribution in [3.63, 3.8) is 0 Å². The number of rotatable bonds is 4. The van der Waals surface area contributed by atoms with Crippen molar-refractivity contribution in [1.29, 1.82) is 0 Å². The lowest BCUT2D eigenvalue weighted by atomic mass is 10.1. The van der Waals surface area contributed by atoms with E-state index in [4.69, 9.17) is 9.26 Å². The van der Waals surface area contributed by atoms with Gasteiger partial charge in [0.25, 0.3) is 5.89 Å². The molecule has 102 valence electrons. The maximum absolute atomic E-state index is 5.68. The van der Waals surface area contributed by atoms with E-state index >= 15 is 0 Å². The quantitative estimate of drug-likeness (QED) is 0.847. The highest BCUT2D eigenvalue weighted by molar-refractivity contribution is 9.10. The smallest absolute Gasteiger partial charge is 0.264 e. The third-order valence-corrected chi connectivity index (χ3v) is 4.02. The van der Waals surface area contributed by atoms with Crippen molar-refractivity contribution in [3.8, 4) is 5.75 Å². The first-order valence-corrected chi connectivity index (χ1v) is 6.98. The van der Waals surface area contributed by atoms with Gasteiger partial charge in [-0.1, -0.05) is 34.9 Å². The van der Waals surface area contributed by atoms with Gasteiger partial charge < -0.3 is 9.26 Å². The van der Waals surface area contributed by atoms with Gasteiger partial charge in [0, 0.05) is 10.4 Å². The van der Waals surface area contributed by atoms with Gasteiger partial charge in [0.1, 0.15) is 5.75 Å². The Morgan fingerprint density at radius 2 is 1.89 bits per heavy atom. The fraction of sp³-hybridized carbons (Fsp3) is 0.429. The Morgan fingerprint density at radius 1 is 1.26 bits per heavy atom. The molecular weight excluding hydrogens is 308 g/mol. The molecule has 0 spiro atoms. The second kappa shape index (κ2) is 5.74. The minimum atomic E-state index is 0.259. The molecule has 19 heavy (non-hydrogen) atoms. The summed E-state index contributed by atoms with van der Waals surface area (Å²) in [6, 6.07) is 3.97. The van der Waals surface area contributed by atoms with E-state index in [2.05, 4.69) is 26.1 Å². The van der Waals surface area contributed by atoms with Gasteiger partial charge in [0.05, 0.1) is 0 Å².